The molecule has 0 unspecified atom stereocenters. The molecule has 17 heavy (non-hydrogen) atoms. The highest BCUT2D eigenvalue weighted by molar-refractivity contribution is 7.89. The monoisotopic (exact) mass is 277 g/mol. The lowest BCUT2D eigenvalue weighted by molar-refractivity contribution is 0.574. The van der Waals surface area contributed by atoms with E-state index in [-0.39, 0.29) is 5.75 Å². The quantitative estimate of drug-likeness (QED) is 0.659. The molecule has 1 heterocycles. The predicted molar refractivity (Wildman–Crippen MR) is 70.5 cm³/mol. The van der Waals surface area contributed by atoms with Crippen LogP contribution in [-0.4, -0.2) is 32.2 Å². The Bertz CT molecular complexity index is 390. The van der Waals surface area contributed by atoms with Crippen molar-refractivity contribution in [2.45, 2.75) is 26.3 Å². The van der Waals surface area contributed by atoms with Crippen molar-refractivity contribution < 1.29 is 8.42 Å². The van der Waals surface area contributed by atoms with E-state index in [0.29, 0.717) is 13.0 Å². The Balaban J connectivity index is 2.17. The summed E-state index contributed by atoms with van der Waals surface area (Å²) in [5.74, 6) is 0.169. The fourth-order valence-electron chi connectivity index (χ4n) is 1.27. The van der Waals surface area contributed by atoms with Gasteiger partial charge in [-0.2, -0.15) is 0 Å². The molecule has 5 nitrogen and oxygen atoms in total. The molecule has 0 aliphatic rings. The Labute approximate surface area is 107 Å². The Kier molecular flexibility index (Phi) is 6.64. The summed E-state index contributed by atoms with van der Waals surface area (Å²) in [7, 11) is -3.16. The Morgan fingerprint density at radius 3 is 2.88 bits per heavy atom. The molecule has 0 atom stereocenters. The van der Waals surface area contributed by atoms with Crippen molar-refractivity contribution in [1.29, 1.82) is 0 Å². The van der Waals surface area contributed by atoms with Crippen LogP contribution in [0.4, 0.5) is 0 Å². The summed E-state index contributed by atoms with van der Waals surface area (Å²) in [5, 5.41) is 3.18. The molecule has 0 radical (unpaired) electrons. The second-order valence-corrected chi connectivity index (χ2v) is 6.61. The molecule has 98 valence electrons. The zero-order chi connectivity index (χ0) is 12.6. The number of nitrogens with zero attached hydrogens (tertiary/aromatic N) is 1. The maximum absolute atomic E-state index is 11.6. The van der Waals surface area contributed by atoms with Gasteiger partial charge in [0.2, 0.25) is 10.0 Å². The van der Waals surface area contributed by atoms with E-state index in [1.54, 1.807) is 11.7 Å². The summed E-state index contributed by atoms with van der Waals surface area (Å²) in [6, 6.07) is 0. The van der Waals surface area contributed by atoms with E-state index in [2.05, 4.69) is 21.9 Å². The van der Waals surface area contributed by atoms with Gasteiger partial charge in [-0.3, -0.25) is 4.98 Å². The molecule has 0 aromatic carbocycles. The lowest BCUT2D eigenvalue weighted by Gasteiger charge is -2.06. The molecule has 7 heteroatoms. The van der Waals surface area contributed by atoms with Crippen molar-refractivity contribution in [3.05, 3.63) is 16.6 Å². The smallest absolute Gasteiger partial charge is 0.211 e. The van der Waals surface area contributed by atoms with Crippen molar-refractivity contribution in [3.63, 3.8) is 0 Å². The van der Waals surface area contributed by atoms with E-state index in [0.717, 1.165) is 24.4 Å². The summed E-state index contributed by atoms with van der Waals surface area (Å²) in [6.45, 7) is 4.11. The van der Waals surface area contributed by atoms with Gasteiger partial charge in [-0.05, 0) is 25.9 Å². The summed E-state index contributed by atoms with van der Waals surface area (Å²) < 4.78 is 25.8. The second kappa shape index (κ2) is 7.75. The van der Waals surface area contributed by atoms with Crippen LogP contribution < -0.4 is 10.0 Å². The maximum atomic E-state index is 11.6. The van der Waals surface area contributed by atoms with E-state index >= 15 is 0 Å². The fraction of sp³-hybridized carbons (Fsp3) is 0.700. The largest absolute Gasteiger partial charge is 0.317 e. The standard InChI is InChI=1S/C10H19N3O2S2/c1-2-4-11-5-3-6-17(14,15)13-8-10-7-12-9-16-10/h7,9,11,13H,2-6,8H2,1H3. The fourth-order valence-corrected chi connectivity index (χ4v) is 2.94. The van der Waals surface area contributed by atoms with Crippen molar-refractivity contribution >= 4 is 21.4 Å². The van der Waals surface area contributed by atoms with Crippen LogP contribution in [0.15, 0.2) is 11.7 Å². The zero-order valence-corrected chi connectivity index (χ0v) is 11.6. The van der Waals surface area contributed by atoms with Gasteiger partial charge < -0.3 is 5.32 Å². The average molecular weight is 277 g/mol. The van der Waals surface area contributed by atoms with Gasteiger partial charge in [0.15, 0.2) is 0 Å². The molecule has 1 aromatic heterocycles. The third-order valence-electron chi connectivity index (χ3n) is 2.14. The Morgan fingerprint density at radius 2 is 2.24 bits per heavy atom. The average Bonchev–Trinajstić information content (AvgIpc) is 2.79. The predicted octanol–water partition coefficient (Wildman–Crippen LogP) is 0.952. The first kappa shape index (κ1) is 14.6. The molecule has 2 N–H and O–H groups in total. The summed E-state index contributed by atoms with van der Waals surface area (Å²) >= 11 is 1.45. The normalized spacial score (nSPS) is 11.8. The number of nitrogens with one attached hydrogen (secondary N) is 2. The van der Waals surface area contributed by atoms with Crippen LogP contribution in [0.3, 0.4) is 0 Å². The van der Waals surface area contributed by atoms with Gasteiger partial charge in [0.1, 0.15) is 0 Å². The van der Waals surface area contributed by atoms with Gasteiger partial charge in [0.05, 0.1) is 11.3 Å². The molecular weight excluding hydrogens is 258 g/mol. The van der Waals surface area contributed by atoms with Crippen LogP contribution in [0.1, 0.15) is 24.6 Å². The first-order valence-corrected chi connectivity index (χ1v) is 8.22. The lowest BCUT2D eigenvalue weighted by atomic mass is 10.4. The number of rotatable bonds is 9. The SMILES string of the molecule is CCCNCCCS(=O)(=O)NCc1cncs1. The molecule has 0 aliphatic heterocycles. The summed E-state index contributed by atoms with van der Waals surface area (Å²) in [6.07, 6.45) is 3.38. The van der Waals surface area contributed by atoms with Crippen molar-refractivity contribution in [2.24, 2.45) is 0 Å². The second-order valence-electron chi connectivity index (χ2n) is 3.71. The van der Waals surface area contributed by atoms with E-state index < -0.39 is 10.0 Å². The first-order valence-electron chi connectivity index (χ1n) is 5.69. The summed E-state index contributed by atoms with van der Waals surface area (Å²) in [4.78, 5) is 4.82. The van der Waals surface area contributed by atoms with Gasteiger partial charge >= 0.3 is 0 Å². The van der Waals surface area contributed by atoms with Gasteiger partial charge in [0, 0.05) is 17.6 Å². The third kappa shape index (κ3) is 6.72. The number of aromatic nitrogens is 1. The van der Waals surface area contributed by atoms with Gasteiger partial charge in [-0.1, -0.05) is 6.92 Å². The van der Waals surface area contributed by atoms with E-state index in [1.165, 1.54) is 11.3 Å². The first-order chi connectivity index (χ1) is 8.14. The topological polar surface area (TPSA) is 71.1 Å². The molecule has 0 amide bonds. The van der Waals surface area contributed by atoms with Crippen LogP contribution in [0.5, 0.6) is 0 Å². The van der Waals surface area contributed by atoms with Crippen molar-refractivity contribution in [1.82, 2.24) is 15.0 Å². The third-order valence-corrected chi connectivity index (χ3v) is 4.33. The molecule has 0 fully saturated rings. The number of thiazole rings is 1. The highest BCUT2D eigenvalue weighted by atomic mass is 32.2. The molecule has 0 saturated carbocycles. The van der Waals surface area contributed by atoms with Crippen LogP contribution in [-0.2, 0) is 16.6 Å². The number of sulfonamides is 1. The minimum Gasteiger partial charge on any atom is -0.317 e. The Morgan fingerprint density at radius 1 is 1.41 bits per heavy atom. The zero-order valence-electron chi connectivity index (χ0n) is 9.98. The van der Waals surface area contributed by atoms with Crippen molar-refractivity contribution in [3.8, 4) is 0 Å². The molecule has 0 aliphatic carbocycles. The van der Waals surface area contributed by atoms with Crippen LogP contribution in [0, 0.1) is 0 Å². The molecule has 1 rings (SSSR count). The van der Waals surface area contributed by atoms with Gasteiger partial charge in [-0.25, -0.2) is 13.1 Å². The number of hydrogen-bond donors (Lipinski definition) is 2. The minimum atomic E-state index is -3.16. The van der Waals surface area contributed by atoms with E-state index in [4.69, 9.17) is 0 Å². The van der Waals surface area contributed by atoms with Crippen molar-refractivity contribution in [2.75, 3.05) is 18.8 Å². The van der Waals surface area contributed by atoms with E-state index in [9.17, 15) is 8.42 Å². The minimum absolute atomic E-state index is 0.169. The highest BCUT2D eigenvalue weighted by Gasteiger charge is 2.09. The van der Waals surface area contributed by atoms with Crippen LogP contribution in [0.2, 0.25) is 0 Å². The molecule has 0 spiro atoms. The summed E-state index contributed by atoms with van der Waals surface area (Å²) in [5.41, 5.74) is 1.69. The molecule has 0 bridgehead atoms. The van der Waals surface area contributed by atoms with E-state index in [1.807, 2.05) is 0 Å². The molecule has 0 saturated heterocycles. The van der Waals surface area contributed by atoms with Crippen LogP contribution >= 0.6 is 11.3 Å². The lowest BCUT2D eigenvalue weighted by Crippen LogP contribution is -2.27. The van der Waals surface area contributed by atoms with Crippen LogP contribution in [0.25, 0.3) is 0 Å². The number of hydrogen-bond acceptors (Lipinski definition) is 5. The van der Waals surface area contributed by atoms with Gasteiger partial charge in [-0.15, -0.1) is 11.3 Å². The highest BCUT2D eigenvalue weighted by Crippen LogP contribution is 2.05. The maximum Gasteiger partial charge on any atom is 0.211 e. The van der Waals surface area contributed by atoms with Gasteiger partial charge in [0.25, 0.3) is 0 Å². The molecule has 1 aromatic rings. The molecular formula is C10H19N3O2S2. The Hall–Kier alpha value is -0.500.